The number of phenolic OH excluding ortho intramolecular Hbond substituents is 1. The van der Waals surface area contributed by atoms with E-state index in [1.165, 1.54) is 20.0 Å². The molecule has 0 bridgehead atoms. The van der Waals surface area contributed by atoms with Gasteiger partial charge in [-0.15, -0.1) is 0 Å². The number of ether oxygens (including phenoxy) is 1. The minimum Gasteiger partial charge on any atom is -0.504 e. The summed E-state index contributed by atoms with van der Waals surface area (Å²) in [6.07, 6.45) is 2.97. The number of para-hydroxylation sites is 2. The highest BCUT2D eigenvalue weighted by Gasteiger charge is 2.12. The quantitative estimate of drug-likeness (QED) is 0.720. The van der Waals surface area contributed by atoms with E-state index >= 15 is 0 Å². The third-order valence-electron chi connectivity index (χ3n) is 1.95. The summed E-state index contributed by atoms with van der Waals surface area (Å²) in [5.41, 5.74) is 0. The van der Waals surface area contributed by atoms with E-state index in [4.69, 9.17) is 9.84 Å². The van der Waals surface area contributed by atoms with Gasteiger partial charge in [0.05, 0.1) is 7.11 Å². The van der Waals surface area contributed by atoms with Gasteiger partial charge in [-0.2, -0.15) is 0 Å². The van der Waals surface area contributed by atoms with Crippen molar-refractivity contribution < 1.29 is 9.84 Å². The molecule has 0 radical (unpaired) electrons. The van der Waals surface area contributed by atoms with Crippen molar-refractivity contribution in [2.24, 2.45) is 5.92 Å². The fraction of sp³-hybridized carbons (Fsp3) is 0.455. The Morgan fingerprint density at radius 3 is 2.15 bits per heavy atom. The molecule has 0 saturated heterocycles. The summed E-state index contributed by atoms with van der Waals surface area (Å²) in [5.74, 6) is 1.78. The number of benzene rings is 1. The molecule has 1 aliphatic carbocycles. The van der Waals surface area contributed by atoms with E-state index in [0.29, 0.717) is 5.75 Å². The minimum absolute atomic E-state index is 0.181. The second-order valence-electron chi connectivity index (χ2n) is 3.35. The van der Waals surface area contributed by atoms with Gasteiger partial charge in [0, 0.05) is 0 Å². The Balaban J connectivity index is 0.000000175. The molecular weight excluding hydrogens is 164 g/mol. The Morgan fingerprint density at radius 1 is 1.31 bits per heavy atom. The molecule has 1 aromatic carbocycles. The fourth-order valence-electron chi connectivity index (χ4n) is 0.796. The minimum atomic E-state index is 0.181. The summed E-state index contributed by atoms with van der Waals surface area (Å²) in [4.78, 5) is 0. The summed E-state index contributed by atoms with van der Waals surface area (Å²) in [6.45, 7) is 2.28. The van der Waals surface area contributed by atoms with E-state index in [-0.39, 0.29) is 5.75 Å². The predicted molar refractivity (Wildman–Crippen MR) is 53.1 cm³/mol. The van der Waals surface area contributed by atoms with Gasteiger partial charge in [0.25, 0.3) is 0 Å². The zero-order chi connectivity index (χ0) is 9.68. The van der Waals surface area contributed by atoms with Crippen molar-refractivity contribution in [3.63, 3.8) is 0 Å². The molecule has 0 amide bonds. The first-order chi connectivity index (χ1) is 6.24. The van der Waals surface area contributed by atoms with Crippen LogP contribution in [-0.4, -0.2) is 12.2 Å². The largest absolute Gasteiger partial charge is 0.504 e. The maximum atomic E-state index is 8.99. The van der Waals surface area contributed by atoms with Crippen molar-refractivity contribution in [2.75, 3.05) is 7.11 Å². The Hall–Kier alpha value is -1.18. The van der Waals surface area contributed by atoms with Crippen LogP contribution in [0.2, 0.25) is 0 Å². The Morgan fingerprint density at radius 2 is 1.85 bits per heavy atom. The molecular formula is C11H16O2. The lowest BCUT2D eigenvalue weighted by molar-refractivity contribution is 0.373. The van der Waals surface area contributed by atoms with E-state index in [1.54, 1.807) is 24.3 Å². The normalized spacial score (nSPS) is 14.3. The van der Waals surface area contributed by atoms with Crippen molar-refractivity contribution in [3.8, 4) is 11.5 Å². The van der Waals surface area contributed by atoms with Crippen LogP contribution in [0.15, 0.2) is 24.3 Å². The molecule has 2 rings (SSSR count). The molecule has 13 heavy (non-hydrogen) atoms. The molecule has 0 atom stereocenters. The summed E-state index contributed by atoms with van der Waals surface area (Å²) >= 11 is 0. The zero-order valence-electron chi connectivity index (χ0n) is 8.16. The monoisotopic (exact) mass is 180 g/mol. The van der Waals surface area contributed by atoms with Crippen LogP contribution in [-0.2, 0) is 0 Å². The molecule has 0 aliphatic heterocycles. The highest BCUT2D eigenvalue weighted by Crippen LogP contribution is 2.26. The highest BCUT2D eigenvalue weighted by atomic mass is 16.5. The molecule has 1 saturated carbocycles. The van der Waals surface area contributed by atoms with Crippen molar-refractivity contribution in [1.82, 2.24) is 0 Å². The van der Waals surface area contributed by atoms with E-state index in [0.717, 1.165) is 5.92 Å². The van der Waals surface area contributed by atoms with Gasteiger partial charge >= 0.3 is 0 Å². The van der Waals surface area contributed by atoms with Crippen LogP contribution < -0.4 is 4.74 Å². The van der Waals surface area contributed by atoms with Crippen LogP contribution in [0.3, 0.4) is 0 Å². The van der Waals surface area contributed by atoms with Crippen molar-refractivity contribution >= 4 is 0 Å². The lowest BCUT2D eigenvalue weighted by Gasteiger charge is -1.99. The van der Waals surface area contributed by atoms with E-state index in [1.807, 2.05) is 0 Å². The first-order valence-corrected chi connectivity index (χ1v) is 4.56. The van der Waals surface area contributed by atoms with Gasteiger partial charge in [0.1, 0.15) is 0 Å². The average molecular weight is 180 g/mol. The third-order valence-corrected chi connectivity index (χ3v) is 1.95. The van der Waals surface area contributed by atoms with Gasteiger partial charge in [-0.3, -0.25) is 0 Å². The molecule has 0 unspecified atom stereocenters. The first kappa shape index (κ1) is 9.90. The van der Waals surface area contributed by atoms with Gasteiger partial charge in [-0.05, 0) is 18.1 Å². The van der Waals surface area contributed by atoms with Crippen LogP contribution in [0.25, 0.3) is 0 Å². The summed E-state index contributed by atoms with van der Waals surface area (Å²) in [7, 11) is 1.52. The zero-order valence-corrected chi connectivity index (χ0v) is 8.16. The maximum absolute atomic E-state index is 8.99. The van der Waals surface area contributed by atoms with Crippen LogP contribution in [0.4, 0.5) is 0 Å². The molecule has 1 fully saturated rings. The van der Waals surface area contributed by atoms with E-state index in [2.05, 4.69) is 6.92 Å². The molecule has 72 valence electrons. The Kier molecular flexibility index (Phi) is 3.62. The van der Waals surface area contributed by atoms with Gasteiger partial charge < -0.3 is 9.84 Å². The van der Waals surface area contributed by atoms with Gasteiger partial charge in [0.2, 0.25) is 0 Å². The Labute approximate surface area is 79.2 Å². The fourth-order valence-corrected chi connectivity index (χ4v) is 0.796. The molecule has 2 nitrogen and oxygen atoms in total. The van der Waals surface area contributed by atoms with Crippen molar-refractivity contribution in [1.29, 1.82) is 0 Å². The molecule has 1 aliphatic rings. The van der Waals surface area contributed by atoms with Crippen LogP contribution in [0.1, 0.15) is 19.8 Å². The SMILES string of the molecule is CC1CC1.COc1ccccc1O. The molecule has 0 heterocycles. The number of hydrogen-bond donors (Lipinski definition) is 1. The Bertz CT molecular complexity index is 254. The van der Waals surface area contributed by atoms with Crippen LogP contribution in [0.5, 0.6) is 11.5 Å². The third kappa shape index (κ3) is 3.83. The van der Waals surface area contributed by atoms with Crippen LogP contribution >= 0.6 is 0 Å². The lowest BCUT2D eigenvalue weighted by atomic mass is 10.3. The van der Waals surface area contributed by atoms with Crippen LogP contribution in [0, 0.1) is 5.92 Å². The standard InChI is InChI=1S/C7H8O2.C4H8/c1-9-7-5-3-2-4-6(7)8;1-4-2-3-4/h2-5,8H,1H3;4H,2-3H2,1H3. The molecule has 0 aromatic heterocycles. The van der Waals surface area contributed by atoms with Gasteiger partial charge in [-0.1, -0.05) is 31.9 Å². The second-order valence-corrected chi connectivity index (χ2v) is 3.35. The maximum Gasteiger partial charge on any atom is 0.160 e. The smallest absolute Gasteiger partial charge is 0.160 e. The highest BCUT2D eigenvalue weighted by molar-refractivity contribution is 5.37. The van der Waals surface area contributed by atoms with Gasteiger partial charge in [0.15, 0.2) is 11.5 Å². The first-order valence-electron chi connectivity index (χ1n) is 4.56. The molecule has 1 N–H and O–H groups in total. The lowest BCUT2D eigenvalue weighted by Crippen LogP contribution is -1.80. The van der Waals surface area contributed by atoms with Crippen molar-refractivity contribution in [2.45, 2.75) is 19.8 Å². The van der Waals surface area contributed by atoms with E-state index < -0.39 is 0 Å². The molecule has 2 heteroatoms. The van der Waals surface area contributed by atoms with Gasteiger partial charge in [-0.25, -0.2) is 0 Å². The number of aromatic hydroxyl groups is 1. The number of methoxy groups -OCH3 is 1. The van der Waals surface area contributed by atoms with E-state index in [9.17, 15) is 0 Å². The topological polar surface area (TPSA) is 29.5 Å². The molecule has 1 aromatic rings. The number of phenols is 1. The van der Waals surface area contributed by atoms with Crippen molar-refractivity contribution in [3.05, 3.63) is 24.3 Å². The second kappa shape index (κ2) is 4.75. The summed E-state index contributed by atoms with van der Waals surface area (Å²) in [6, 6.07) is 6.84. The average Bonchev–Trinajstić information content (AvgIpc) is 2.90. The number of hydrogen-bond acceptors (Lipinski definition) is 2. The number of rotatable bonds is 1. The summed E-state index contributed by atoms with van der Waals surface area (Å²) < 4.78 is 4.79. The predicted octanol–water partition coefficient (Wildman–Crippen LogP) is 2.82. The molecule has 0 spiro atoms. The summed E-state index contributed by atoms with van der Waals surface area (Å²) in [5, 5.41) is 8.99.